The van der Waals surface area contributed by atoms with Crippen LogP contribution in [0.2, 0.25) is 0 Å². The number of nitrogens with one attached hydrogen (secondary N) is 1. The first-order chi connectivity index (χ1) is 18.0. The summed E-state index contributed by atoms with van der Waals surface area (Å²) >= 11 is 0. The van der Waals surface area contributed by atoms with Crippen molar-refractivity contribution < 1.29 is 32.9 Å². The number of hydrogen-bond acceptors (Lipinski definition) is 5. The maximum absolute atomic E-state index is 14.7. The second-order valence-electron chi connectivity index (χ2n) is 10.9. The Morgan fingerprint density at radius 1 is 1.13 bits per heavy atom. The highest BCUT2D eigenvalue weighted by Gasteiger charge is 2.43. The summed E-state index contributed by atoms with van der Waals surface area (Å²) in [7, 11) is 0. The number of halogens is 3. The molecule has 0 bridgehead atoms. The van der Waals surface area contributed by atoms with E-state index in [0.29, 0.717) is 50.3 Å². The van der Waals surface area contributed by atoms with Crippen molar-refractivity contribution >= 4 is 11.7 Å². The lowest BCUT2D eigenvalue weighted by atomic mass is 9.86. The molecule has 3 aromatic rings. The maximum Gasteiger partial charge on any atom is 0.341 e. The summed E-state index contributed by atoms with van der Waals surface area (Å²) in [5, 5.41) is 17.9. The molecule has 38 heavy (non-hydrogen) atoms. The van der Waals surface area contributed by atoms with E-state index in [-0.39, 0.29) is 16.7 Å². The topological polar surface area (TPSA) is 94.1 Å². The van der Waals surface area contributed by atoms with Crippen LogP contribution in [0.1, 0.15) is 61.6 Å². The number of aromatic amines is 1. The van der Waals surface area contributed by atoms with Gasteiger partial charge in [0.2, 0.25) is 5.69 Å². The average Bonchev–Trinajstić information content (AvgIpc) is 3.49. The lowest BCUT2D eigenvalue weighted by Crippen LogP contribution is -2.44. The summed E-state index contributed by atoms with van der Waals surface area (Å²) in [6.45, 7) is 7.71. The average molecular weight is 529 g/mol. The van der Waals surface area contributed by atoms with Crippen LogP contribution in [0.3, 0.4) is 0 Å². The molecule has 0 aliphatic carbocycles. The van der Waals surface area contributed by atoms with Gasteiger partial charge in [0.05, 0.1) is 11.2 Å². The summed E-state index contributed by atoms with van der Waals surface area (Å²) in [5.74, 6) is -5.01. The Bertz CT molecular complexity index is 1400. The van der Waals surface area contributed by atoms with Crippen LogP contribution in [0, 0.1) is 17.5 Å². The molecule has 2 aromatic heterocycles. The van der Waals surface area contributed by atoms with Gasteiger partial charge >= 0.3 is 5.97 Å². The summed E-state index contributed by atoms with van der Waals surface area (Å²) < 4.78 is 44.0. The molecule has 2 aliphatic rings. The first-order valence-corrected chi connectivity index (χ1v) is 12.4. The van der Waals surface area contributed by atoms with Crippen LogP contribution in [-0.4, -0.2) is 50.2 Å². The molecule has 1 fully saturated rings. The van der Waals surface area contributed by atoms with Crippen molar-refractivity contribution in [3.05, 3.63) is 70.9 Å². The van der Waals surface area contributed by atoms with Gasteiger partial charge in [-0.1, -0.05) is 5.16 Å². The molecule has 1 spiro atoms. The third-order valence-corrected chi connectivity index (χ3v) is 7.14. The lowest BCUT2D eigenvalue weighted by molar-refractivity contribution is -0.380. The zero-order valence-corrected chi connectivity index (χ0v) is 21.4. The molecule has 0 saturated carbocycles. The number of carbonyl (C=O) groups is 1. The number of oxime groups is 1. The molecule has 1 saturated heterocycles. The second kappa shape index (κ2) is 9.54. The highest BCUT2D eigenvalue weighted by atomic mass is 19.2. The highest BCUT2D eigenvalue weighted by molar-refractivity contribution is 5.99. The minimum absolute atomic E-state index is 0.0716. The van der Waals surface area contributed by atoms with Gasteiger partial charge < -0.3 is 9.94 Å². The summed E-state index contributed by atoms with van der Waals surface area (Å²) in [6.07, 6.45) is 5.27. The monoisotopic (exact) mass is 528 g/mol. The van der Waals surface area contributed by atoms with E-state index in [4.69, 9.17) is 9.94 Å². The third-order valence-electron chi connectivity index (χ3n) is 7.14. The zero-order chi connectivity index (χ0) is 27.2. The number of H-pyrrole nitrogens is 1. The van der Waals surface area contributed by atoms with Crippen molar-refractivity contribution in [1.29, 1.82) is 0 Å². The Balaban J connectivity index is 1.30. The molecular weight excluding hydrogens is 499 g/mol. The molecule has 4 heterocycles. The molecule has 0 amide bonds. The molecule has 5 rings (SSSR count). The predicted octanol–water partition coefficient (Wildman–Crippen LogP) is 4.39. The number of carboxylic acids is 1. The predicted molar refractivity (Wildman–Crippen MR) is 132 cm³/mol. The highest BCUT2D eigenvalue weighted by Crippen LogP contribution is 2.37. The molecule has 8 nitrogen and oxygen atoms in total. The van der Waals surface area contributed by atoms with Gasteiger partial charge in [-0.2, -0.15) is 5.10 Å². The number of pyridine rings is 1. The molecule has 2 N–H and O–H groups in total. The second-order valence-corrected chi connectivity index (χ2v) is 10.9. The van der Waals surface area contributed by atoms with Gasteiger partial charge in [0.25, 0.3) is 0 Å². The van der Waals surface area contributed by atoms with E-state index in [1.807, 2.05) is 27.0 Å². The van der Waals surface area contributed by atoms with Gasteiger partial charge in [0.15, 0.2) is 29.4 Å². The van der Waals surface area contributed by atoms with Crippen molar-refractivity contribution in [1.82, 2.24) is 14.7 Å². The van der Waals surface area contributed by atoms with E-state index < -0.39 is 29.0 Å². The molecule has 0 unspecified atom stereocenters. The number of aromatic nitrogens is 3. The SMILES string of the molecule is CC(C)(C)n1cc(CN2CCC3(CC2)CC(c2ccc(C(=O)O)c[nH+]2)=NO3)c(-c2ccc(F)c(F)c2F)n1. The van der Waals surface area contributed by atoms with Gasteiger partial charge in [-0.05, 0) is 39.0 Å². The van der Waals surface area contributed by atoms with Gasteiger partial charge in [0, 0.05) is 62.3 Å². The van der Waals surface area contributed by atoms with E-state index in [1.54, 1.807) is 10.7 Å². The minimum Gasteiger partial charge on any atom is -0.477 e. The van der Waals surface area contributed by atoms with E-state index in [9.17, 15) is 18.0 Å². The maximum atomic E-state index is 14.7. The Morgan fingerprint density at radius 2 is 1.87 bits per heavy atom. The lowest BCUT2D eigenvalue weighted by Gasteiger charge is -2.37. The largest absolute Gasteiger partial charge is 0.477 e. The van der Waals surface area contributed by atoms with E-state index in [1.165, 1.54) is 18.3 Å². The third kappa shape index (κ3) is 4.90. The molecule has 2 aliphatic heterocycles. The summed E-state index contributed by atoms with van der Waals surface area (Å²) in [4.78, 5) is 22.2. The fraction of sp³-hybridized carbons (Fsp3) is 0.407. The molecule has 1 aromatic carbocycles. The first kappa shape index (κ1) is 25.9. The number of nitrogens with zero attached hydrogens (tertiary/aromatic N) is 4. The Hall–Kier alpha value is -3.73. The fourth-order valence-electron chi connectivity index (χ4n) is 4.84. The Kier molecular flexibility index (Phi) is 6.50. The van der Waals surface area contributed by atoms with Gasteiger partial charge in [-0.15, -0.1) is 0 Å². The normalized spacial score (nSPS) is 17.5. The van der Waals surface area contributed by atoms with Crippen LogP contribution in [0.15, 0.2) is 41.8 Å². The standard InChI is InChI=1S/C27H28F3N5O3/c1-26(2,3)35-15-17(24(32-35)18-5-6-19(28)23(30)22(18)29)14-34-10-8-27(9-11-34)12-21(33-38-27)20-7-4-16(13-31-20)25(36)37/h4-7,13,15H,8-12,14H2,1-3H3,(H,36,37)/p+1. The van der Waals surface area contributed by atoms with Crippen molar-refractivity contribution in [2.24, 2.45) is 5.16 Å². The van der Waals surface area contributed by atoms with Crippen LogP contribution in [0.25, 0.3) is 11.3 Å². The van der Waals surface area contributed by atoms with Crippen molar-refractivity contribution in [2.45, 2.75) is 57.7 Å². The minimum atomic E-state index is -1.51. The fourth-order valence-corrected chi connectivity index (χ4v) is 4.84. The number of rotatable bonds is 5. The number of carboxylic acid groups (broad SMARTS) is 1. The first-order valence-electron chi connectivity index (χ1n) is 12.4. The summed E-state index contributed by atoms with van der Waals surface area (Å²) in [6, 6.07) is 5.35. The smallest absolute Gasteiger partial charge is 0.341 e. The van der Waals surface area contributed by atoms with Gasteiger partial charge in [-0.25, -0.2) is 22.9 Å². The van der Waals surface area contributed by atoms with Crippen molar-refractivity contribution in [3.8, 4) is 11.3 Å². The van der Waals surface area contributed by atoms with Crippen LogP contribution >= 0.6 is 0 Å². The number of likely N-dealkylation sites (tertiary alicyclic amines) is 1. The quantitative estimate of drug-likeness (QED) is 0.496. The van der Waals surface area contributed by atoms with Crippen molar-refractivity contribution in [2.75, 3.05) is 13.1 Å². The van der Waals surface area contributed by atoms with Gasteiger partial charge in [0.1, 0.15) is 11.2 Å². The van der Waals surface area contributed by atoms with Crippen LogP contribution in [0.4, 0.5) is 13.2 Å². The van der Waals surface area contributed by atoms with Crippen LogP contribution in [0.5, 0.6) is 0 Å². The molecule has 0 atom stereocenters. The Morgan fingerprint density at radius 3 is 2.50 bits per heavy atom. The zero-order valence-electron chi connectivity index (χ0n) is 21.4. The number of benzene rings is 1. The molecular formula is C27H29F3N5O3+. The van der Waals surface area contributed by atoms with E-state index in [2.05, 4.69) is 20.1 Å². The summed E-state index contributed by atoms with van der Waals surface area (Å²) in [5.41, 5.74) is 1.71. The number of piperidine rings is 1. The van der Waals surface area contributed by atoms with Crippen LogP contribution < -0.4 is 4.98 Å². The van der Waals surface area contributed by atoms with Crippen LogP contribution in [-0.2, 0) is 16.9 Å². The number of aromatic carboxylic acids is 1. The molecule has 200 valence electrons. The van der Waals surface area contributed by atoms with E-state index >= 15 is 0 Å². The Labute approximate surface area is 217 Å². The van der Waals surface area contributed by atoms with Crippen molar-refractivity contribution in [3.63, 3.8) is 0 Å². The van der Waals surface area contributed by atoms with Gasteiger partial charge in [-0.3, -0.25) is 9.58 Å². The molecule has 0 radical (unpaired) electrons. The van der Waals surface area contributed by atoms with E-state index in [0.717, 1.165) is 17.3 Å². The molecule has 11 heteroatoms. The number of hydrogen-bond donors (Lipinski definition) is 1.